The lowest BCUT2D eigenvalue weighted by Crippen LogP contribution is -2.29. The topological polar surface area (TPSA) is 78.6 Å². The molecule has 0 aliphatic carbocycles. The van der Waals surface area contributed by atoms with Gasteiger partial charge in [-0.2, -0.15) is 0 Å². The Morgan fingerprint density at radius 1 is 1.12 bits per heavy atom. The molecule has 170 valence electrons. The minimum absolute atomic E-state index is 0.175. The SMILES string of the molecule is Cc1cc(N2C(=S)N[C@@H](c3ccccn3)[C@@H]2c2ccc(-c3cccc(C(=O)O)c3)o2)ccc1F. The molecule has 1 saturated heterocycles. The number of halogens is 1. The van der Waals surface area contributed by atoms with E-state index in [1.165, 1.54) is 12.1 Å². The van der Waals surface area contributed by atoms with Crippen LogP contribution in [0.15, 0.2) is 83.4 Å². The van der Waals surface area contributed by atoms with Gasteiger partial charge in [-0.25, -0.2) is 9.18 Å². The number of aryl methyl sites for hydroxylation is 1. The summed E-state index contributed by atoms with van der Waals surface area (Å²) in [6, 6.07) is 20.0. The number of aromatic nitrogens is 1. The van der Waals surface area contributed by atoms with E-state index in [9.17, 15) is 14.3 Å². The Morgan fingerprint density at radius 3 is 2.71 bits per heavy atom. The van der Waals surface area contributed by atoms with Crippen LogP contribution in [0, 0.1) is 12.7 Å². The first-order chi connectivity index (χ1) is 16.4. The highest BCUT2D eigenvalue weighted by molar-refractivity contribution is 7.80. The van der Waals surface area contributed by atoms with Crippen molar-refractivity contribution in [3.05, 3.63) is 107 Å². The van der Waals surface area contributed by atoms with Crippen molar-refractivity contribution in [1.29, 1.82) is 0 Å². The van der Waals surface area contributed by atoms with Crippen molar-refractivity contribution in [2.45, 2.75) is 19.0 Å². The van der Waals surface area contributed by atoms with Gasteiger partial charge in [-0.3, -0.25) is 4.98 Å². The predicted molar refractivity (Wildman–Crippen MR) is 130 cm³/mol. The molecule has 1 aliphatic rings. The number of hydrogen-bond acceptors (Lipinski definition) is 4. The summed E-state index contributed by atoms with van der Waals surface area (Å²) in [5.74, 6) is -0.156. The molecule has 34 heavy (non-hydrogen) atoms. The molecule has 0 bridgehead atoms. The summed E-state index contributed by atoms with van der Waals surface area (Å²) in [6.45, 7) is 1.71. The number of aromatic carboxylic acids is 1. The number of nitrogens with zero attached hydrogens (tertiary/aromatic N) is 2. The van der Waals surface area contributed by atoms with Crippen LogP contribution in [0.1, 0.15) is 39.5 Å². The lowest BCUT2D eigenvalue weighted by atomic mass is 10.0. The molecule has 3 heterocycles. The lowest BCUT2D eigenvalue weighted by Gasteiger charge is -2.26. The number of carboxylic acid groups (broad SMARTS) is 1. The number of benzene rings is 2. The van der Waals surface area contributed by atoms with Gasteiger partial charge in [-0.15, -0.1) is 0 Å². The number of furan rings is 1. The summed E-state index contributed by atoms with van der Waals surface area (Å²) < 4.78 is 20.2. The third-order valence-corrected chi connectivity index (χ3v) is 6.14. The fourth-order valence-electron chi connectivity index (χ4n) is 4.17. The van der Waals surface area contributed by atoms with Crippen LogP contribution < -0.4 is 10.2 Å². The molecule has 0 amide bonds. The Labute approximate surface area is 200 Å². The second-order valence-electron chi connectivity index (χ2n) is 8.02. The van der Waals surface area contributed by atoms with Crippen LogP contribution in [0.5, 0.6) is 0 Å². The number of rotatable bonds is 5. The third kappa shape index (κ3) is 3.92. The summed E-state index contributed by atoms with van der Waals surface area (Å²) in [5, 5.41) is 13.1. The molecule has 1 fully saturated rings. The van der Waals surface area contributed by atoms with Crippen LogP contribution in [0.4, 0.5) is 10.1 Å². The number of anilines is 1. The number of nitrogens with one attached hydrogen (secondary N) is 1. The van der Waals surface area contributed by atoms with E-state index < -0.39 is 12.0 Å². The van der Waals surface area contributed by atoms with Gasteiger partial charge >= 0.3 is 5.97 Å². The van der Waals surface area contributed by atoms with Gasteiger partial charge in [-0.1, -0.05) is 18.2 Å². The van der Waals surface area contributed by atoms with Crippen LogP contribution in [0.3, 0.4) is 0 Å². The molecule has 0 radical (unpaired) electrons. The molecule has 1 aliphatic heterocycles. The zero-order valence-electron chi connectivity index (χ0n) is 18.1. The highest BCUT2D eigenvalue weighted by atomic mass is 32.1. The van der Waals surface area contributed by atoms with Crippen molar-refractivity contribution >= 4 is 29.0 Å². The van der Waals surface area contributed by atoms with E-state index in [2.05, 4.69) is 10.3 Å². The Kier molecular flexibility index (Phi) is 5.59. The maximum Gasteiger partial charge on any atom is 0.335 e. The molecule has 0 saturated carbocycles. The summed E-state index contributed by atoms with van der Waals surface area (Å²) in [6.07, 6.45) is 1.72. The van der Waals surface area contributed by atoms with Crippen molar-refractivity contribution < 1.29 is 18.7 Å². The largest absolute Gasteiger partial charge is 0.478 e. The zero-order chi connectivity index (χ0) is 23.8. The van der Waals surface area contributed by atoms with Crippen molar-refractivity contribution in [3.8, 4) is 11.3 Å². The van der Waals surface area contributed by atoms with E-state index in [4.69, 9.17) is 16.6 Å². The molecule has 4 aromatic rings. The number of carbonyl (C=O) groups is 1. The summed E-state index contributed by atoms with van der Waals surface area (Å²) in [7, 11) is 0. The predicted octanol–water partition coefficient (Wildman–Crippen LogP) is 5.66. The van der Waals surface area contributed by atoms with Gasteiger partial charge in [0.05, 0.1) is 17.3 Å². The van der Waals surface area contributed by atoms with Gasteiger partial charge < -0.3 is 19.7 Å². The summed E-state index contributed by atoms with van der Waals surface area (Å²) in [5.41, 5.74) is 2.84. The number of thiocarbonyl (C=S) groups is 1. The van der Waals surface area contributed by atoms with Crippen molar-refractivity contribution in [3.63, 3.8) is 0 Å². The highest BCUT2D eigenvalue weighted by Crippen LogP contribution is 2.43. The second kappa shape index (κ2) is 8.72. The minimum atomic E-state index is -1.01. The van der Waals surface area contributed by atoms with E-state index in [1.807, 2.05) is 29.2 Å². The Hall–Kier alpha value is -4.04. The van der Waals surface area contributed by atoms with Crippen LogP contribution in [0.25, 0.3) is 11.3 Å². The van der Waals surface area contributed by atoms with Crippen LogP contribution in [0.2, 0.25) is 0 Å². The van der Waals surface area contributed by atoms with E-state index >= 15 is 0 Å². The van der Waals surface area contributed by atoms with Crippen LogP contribution in [-0.2, 0) is 0 Å². The molecule has 2 aromatic heterocycles. The minimum Gasteiger partial charge on any atom is -0.478 e. The zero-order valence-corrected chi connectivity index (χ0v) is 18.9. The van der Waals surface area contributed by atoms with E-state index in [1.54, 1.807) is 49.5 Å². The quantitative estimate of drug-likeness (QED) is 0.362. The van der Waals surface area contributed by atoms with Crippen LogP contribution in [-0.4, -0.2) is 21.2 Å². The normalized spacial score (nSPS) is 17.6. The average molecular weight is 474 g/mol. The number of hydrogen-bond donors (Lipinski definition) is 2. The van der Waals surface area contributed by atoms with Crippen molar-refractivity contribution in [1.82, 2.24) is 10.3 Å². The monoisotopic (exact) mass is 473 g/mol. The van der Waals surface area contributed by atoms with E-state index in [0.717, 1.165) is 11.4 Å². The molecular weight excluding hydrogens is 453 g/mol. The van der Waals surface area contributed by atoms with Gasteiger partial charge in [0.1, 0.15) is 23.4 Å². The first-order valence-corrected chi connectivity index (χ1v) is 11.0. The summed E-state index contributed by atoms with van der Waals surface area (Å²) in [4.78, 5) is 17.8. The molecule has 2 atom stereocenters. The van der Waals surface area contributed by atoms with Gasteiger partial charge in [0.15, 0.2) is 5.11 Å². The molecule has 2 aromatic carbocycles. The Balaban J connectivity index is 1.60. The molecule has 6 nitrogen and oxygen atoms in total. The van der Waals surface area contributed by atoms with Gasteiger partial charge in [-0.05, 0) is 79.3 Å². The molecule has 5 rings (SSSR count). The van der Waals surface area contributed by atoms with E-state index in [-0.39, 0.29) is 17.4 Å². The van der Waals surface area contributed by atoms with Gasteiger partial charge in [0, 0.05) is 17.4 Å². The van der Waals surface area contributed by atoms with Crippen molar-refractivity contribution in [2.24, 2.45) is 0 Å². The first kappa shape index (κ1) is 21.8. The molecule has 0 unspecified atom stereocenters. The summed E-state index contributed by atoms with van der Waals surface area (Å²) >= 11 is 5.69. The van der Waals surface area contributed by atoms with E-state index in [0.29, 0.717) is 27.8 Å². The smallest absolute Gasteiger partial charge is 0.335 e. The average Bonchev–Trinajstić information content (AvgIpc) is 3.46. The number of pyridine rings is 1. The molecular formula is C26H20FN3O3S. The Bertz CT molecular complexity index is 1390. The number of carboxylic acids is 1. The third-order valence-electron chi connectivity index (χ3n) is 5.83. The molecule has 2 N–H and O–H groups in total. The maximum atomic E-state index is 14.0. The van der Waals surface area contributed by atoms with Crippen LogP contribution >= 0.6 is 12.2 Å². The standard InChI is InChI=1S/C26H20FN3O3S/c1-15-13-18(8-9-19(15)27)30-24(23(29-26(30)34)20-7-2-3-12-28-20)22-11-10-21(33-22)16-5-4-6-17(14-16)25(31)32/h2-14,23-24H,1H3,(H,29,34)(H,31,32)/t23-,24-/m0/s1. The fraction of sp³-hybridized carbons (Fsp3) is 0.115. The van der Waals surface area contributed by atoms with Crippen molar-refractivity contribution in [2.75, 3.05) is 4.90 Å². The Morgan fingerprint density at radius 2 is 1.97 bits per heavy atom. The molecule has 8 heteroatoms. The highest BCUT2D eigenvalue weighted by Gasteiger charge is 2.42. The second-order valence-corrected chi connectivity index (χ2v) is 8.40. The first-order valence-electron chi connectivity index (χ1n) is 10.6. The molecule has 0 spiro atoms. The maximum absolute atomic E-state index is 14.0. The van der Waals surface area contributed by atoms with Gasteiger partial charge in [0.2, 0.25) is 0 Å². The fourth-order valence-corrected chi connectivity index (χ4v) is 4.52. The van der Waals surface area contributed by atoms with Gasteiger partial charge in [0.25, 0.3) is 0 Å². The lowest BCUT2D eigenvalue weighted by molar-refractivity contribution is 0.0697.